The quantitative estimate of drug-likeness (QED) is 0.752. The number of fused-ring (bicyclic) bond motifs is 1. The summed E-state index contributed by atoms with van der Waals surface area (Å²) in [5.74, 6) is 0.0928. The van der Waals surface area contributed by atoms with Gasteiger partial charge in [0, 0.05) is 11.4 Å². The van der Waals surface area contributed by atoms with Crippen LogP contribution in [0.3, 0.4) is 0 Å². The molecule has 0 unspecified atom stereocenters. The molecule has 3 aromatic rings. The van der Waals surface area contributed by atoms with Gasteiger partial charge in [-0.05, 0) is 38.1 Å². The van der Waals surface area contributed by atoms with E-state index in [9.17, 15) is 4.39 Å². The van der Waals surface area contributed by atoms with Crippen molar-refractivity contribution in [2.45, 2.75) is 13.8 Å². The van der Waals surface area contributed by atoms with Gasteiger partial charge in [-0.3, -0.25) is 10.1 Å². The number of rotatable bonds is 2. The van der Waals surface area contributed by atoms with Crippen LogP contribution in [-0.4, -0.2) is 19.3 Å². The van der Waals surface area contributed by atoms with Gasteiger partial charge in [0.1, 0.15) is 5.82 Å². The summed E-state index contributed by atoms with van der Waals surface area (Å²) >= 11 is 0. The zero-order valence-electron chi connectivity index (χ0n) is 10.1. The number of nitrogens with zero attached hydrogens (tertiary/aromatic N) is 4. The maximum atomic E-state index is 13.0. The fourth-order valence-corrected chi connectivity index (χ4v) is 1.85. The number of aryl methyl sites for hydroxylation is 2. The number of pyridine rings is 1. The standard InChI is InChI=1S/C12H12FN5/c1-8-3-4-9(2)18(8)16-12-14-11-6-5-10(13)7-17(11)15-12/h3-7H,1-2H3,(H,15,16). The van der Waals surface area contributed by atoms with Gasteiger partial charge < -0.3 is 0 Å². The highest BCUT2D eigenvalue weighted by Crippen LogP contribution is 2.10. The lowest BCUT2D eigenvalue weighted by molar-refractivity contribution is 0.614. The van der Waals surface area contributed by atoms with Crippen LogP contribution < -0.4 is 5.43 Å². The number of nitrogens with one attached hydrogen (secondary N) is 1. The molecule has 0 amide bonds. The van der Waals surface area contributed by atoms with Gasteiger partial charge in [-0.1, -0.05) is 0 Å². The molecule has 6 heteroatoms. The second-order valence-corrected chi connectivity index (χ2v) is 4.15. The van der Waals surface area contributed by atoms with E-state index in [1.807, 2.05) is 30.7 Å². The molecule has 0 aliphatic heterocycles. The Morgan fingerprint density at radius 2 is 1.83 bits per heavy atom. The predicted molar refractivity (Wildman–Crippen MR) is 65.9 cm³/mol. The lowest BCUT2D eigenvalue weighted by Gasteiger charge is -2.08. The Morgan fingerprint density at radius 3 is 2.56 bits per heavy atom. The number of halogens is 1. The molecule has 0 spiro atoms. The highest BCUT2D eigenvalue weighted by molar-refractivity contribution is 5.43. The molecule has 3 rings (SSSR count). The van der Waals surface area contributed by atoms with Crippen molar-refractivity contribution in [3.63, 3.8) is 0 Å². The molecule has 0 saturated heterocycles. The molecule has 0 aromatic carbocycles. The summed E-state index contributed by atoms with van der Waals surface area (Å²) in [6.07, 6.45) is 1.29. The molecular weight excluding hydrogens is 233 g/mol. The molecule has 0 radical (unpaired) electrons. The maximum absolute atomic E-state index is 13.0. The van der Waals surface area contributed by atoms with Crippen LogP contribution in [-0.2, 0) is 0 Å². The molecule has 0 atom stereocenters. The molecule has 5 nitrogen and oxygen atoms in total. The molecule has 0 fully saturated rings. The van der Waals surface area contributed by atoms with Crippen molar-refractivity contribution in [2.24, 2.45) is 0 Å². The largest absolute Gasteiger partial charge is 0.262 e. The SMILES string of the molecule is Cc1ccc(C)n1Nc1nc2ccc(F)cn2n1. The Hall–Kier alpha value is -2.37. The Bertz CT molecular complexity index is 693. The minimum Gasteiger partial charge on any atom is -0.262 e. The Labute approximate surface area is 103 Å². The van der Waals surface area contributed by atoms with Crippen molar-refractivity contribution in [1.29, 1.82) is 0 Å². The van der Waals surface area contributed by atoms with Gasteiger partial charge in [0.2, 0.25) is 0 Å². The Kier molecular flexibility index (Phi) is 2.29. The van der Waals surface area contributed by atoms with Gasteiger partial charge in [-0.2, -0.15) is 4.98 Å². The summed E-state index contributed by atoms with van der Waals surface area (Å²) in [6, 6.07) is 6.94. The van der Waals surface area contributed by atoms with E-state index >= 15 is 0 Å². The Morgan fingerprint density at radius 1 is 1.11 bits per heavy atom. The highest BCUT2D eigenvalue weighted by atomic mass is 19.1. The van der Waals surface area contributed by atoms with Crippen molar-refractivity contribution < 1.29 is 4.39 Å². The average Bonchev–Trinajstić information content (AvgIpc) is 2.86. The first kappa shape index (κ1) is 10.8. The molecule has 0 aliphatic carbocycles. The smallest absolute Gasteiger partial charge is 0.262 e. The van der Waals surface area contributed by atoms with E-state index in [2.05, 4.69) is 15.5 Å². The van der Waals surface area contributed by atoms with E-state index in [0.29, 0.717) is 11.6 Å². The zero-order chi connectivity index (χ0) is 12.7. The van der Waals surface area contributed by atoms with Gasteiger partial charge in [-0.15, -0.1) is 5.10 Å². The second kappa shape index (κ2) is 3.83. The molecular formula is C12H12FN5. The molecule has 3 heterocycles. The summed E-state index contributed by atoms with van der Waals surface area (Å²) in [4.78, 5) is 4.26. The first-order chi connectivity index (χ1) is 8.63. The minimum absolute atomic E-state index is 0.340. The van der Waals surface area contributed by atoms with E-state index in [1.165, 1.54) is 16.8 Å². The van der Waals surface area contributed by atoms with Crippen molar-refractivity contribution >= 4 is 11.6 Å². The fourth-order valence-electron chi connectivity index (χ4n) is 1.85. The number of aromatic nitrogens is 4. The zero-order valence-corrected chi connectivity index (χ0v) is 10.1. The van der Waals surface area contributed by atoms with E-state index < -0.39 is 0 Å². The minimum atomic E-state index is -0.340. The monoisotopic (exact) mass is 245 g/mol. The van der Waals surface area contributed by atoms with Gasteiger partial charge >= 0.3 is 0 Å². The van der Waals surface area contributed by atoms with Gasteiger partial charge in [0.05, 0.1) is 6.20 Å². The average molecular weight is 245 g/mol. The summed E-state index contributed by atoms with van der Waals surface area (Å²) in [5.41, 5.74) is 5.79. The van der Waals surface area contributed by atoms with Crippen LogP contribution >= 0.6 is 0 Å². The molecule has 3 aromatic heterocycles. The lowest BCUT2D eigenvalue weighted by atomic mass is 10.5. The summed E-state index contributed by atoms with van der Waals surface area (Å²) in [5, 5.41) is 4.16. The van der Waals surface area contributed by atoms with Crippen molar-refractivity contribution in [3.8, 4) is 0 Å². The number of hydrogen-bond donors (Lipinski definition) is 1. The molecule has 0 saturated carbocycles. The first-order valence-electron chi connectivity index (χ1n) is 5.57. The van der Waals surface area contributed by atoms with Crippen LogP contribution in [0.25, 0.3) is 5.65 Å². The van der Waals surface area contributed by atoms with Crippen LogP contribution in [0.1, 0.15) is 11.4 Å². The maximum Gasteiger partial charge on any atom is 0.262 e. The third-order valence-electron chi connectivity index (χ3n) is 2.78. The van der Waals surface area contributed by atoms with Crippen LogP contribution in [0.5, 0.6) is 0 Å². The summed E-state index contributed by atoms with van der Waals surface area (Å²) < 4.78 is 16.3. The molecule has 18 heavy (non-hydrogen) atoms. The van der Waals surface area contributed by atoms with Crippen LogP contribution in [0.2, 0.25) is 0 Å². The number of anilines is 1. The van der Waals surface area contributed by atoms with Crippen LogP contribution in [0, 0.1) is 19.7 Å². The van der Waals surface area contributed by atoms with E-state index in [0.717, 1.165) is 11.4 Å². The topological polar surface area (TPSA) is 47.2 Å². The Balaban J connectivity index is 2.00. The summed E-state index contributed by atoms with van der Waals surface area (Å²) in [7, 11) is 0. The van der Waals surface area contributed by atoms with E-state index in [4.69, 9.17) is 0 Å². The number of hydrogen-bond acceptors (Lipinski definition) is 3. The van der Waals surface area contributed by atoms with Gasteiger partial charge in [-0.25, -0.2) is 8.91 Å². The van der Waals surface area contributed by atoms with Gasteiger partial charge in [0.25, 0.3) is 5.95 Å². The molecule has 0 bridgehead atoms. The lowest BCUT2D eigenvalue weighted by Crippen LogP contribution is -2.13. The van der Waals surface area contributed by atoms with E-state index in [-0.39, 0.29) is 5.82 Å². The normalized spacial score (nSPS) is 11.1. The van der Waals surface area contributed by atoms with Gasteiger partial charge in [0.15, 0.2) is 5.65 Å². The molecule has 92 valence electrons. The fraction of sp³-hybridized carbons (Fsp3) is 0.167. The van der Waals surface area contributed by atoms with E-state index in [1.54, 1.807) is 6.07 Å². The predicted octanol–water partition coefficient (Wildman–Crippen LogP) is 2.16. The van der Waals surface area contributed by atoms with Crippen molar-refractivity contribution in [2.75, 3.05) is 5.43 Å². The van der Waals surface area contributed by atoms with Crippen molar-refractivity contribution in [3.05, 3.63) is 47.7 Å². The molecule has 0 aliphatic rings. The first-order valence-corrected chi connectivity index (χ1v) is 5.57. The van der Waals surface area contributed by atoms with Crippen LogP contribution in [0.15, 0.2) is 30.5 Å². The second-order valence-electron chi connectivity index (χ2n) is 4.15. The van der Waals surface area contributed by atoms with Crippen molar-refractivity contribution in [1.82, 2.24) is 19.3 Å². The molecule has 1 N–H and O–H groups in total. The highest BCUT2D eigenvalue weighted by Gasteiger charge is 2.06. The third kappa shape index (κ3) is 1.71. The summed E-state index contributed by atoms with van der Waals surface area (Å²) in [6.45, 7) is 3.96. The van der Waals surface area contributed by atoms with Crippen LogP contribution in [0.4, 0.5) is 10.3 Å². The third-order valence-corrected chi connectivity index (χ3v) is 2.78.